The van der Waals surface area contributed by atoms with Gasteiger partial charge in [0.25, 0.3) is 0 Å². The fraction of sp³-hybridized carbons (Fsp3) is 0.297. The first-order valence-corrected chi connectivity index (χ1v) is 21.4. The van der Waals surface area contributed by atoms with Crippen molar-refractivity contribution < 1.29 is 46.1 Å². The molecule has 1 fully saturated rings. The number of amides is 1. The summed E-state index contributed by atoms with van der Waals surface area (Å²) in [6.07, 6.45) is -1.37. The number of benzene rings is 4. The van der Waals surface area contributed by atoms with Crippen molar-refractivity contribution in [3.05, 3.63) is 105 Å². The van der Waals surface area contributed by atoms with Crippen LogP contribution in [0.5, 0.6) is 17.2 Å². The zero-order valence-electron chi connectivity index (χ0n) is 31.0. The highest BCUT2D eigenvalue weighted by Gasteiger charge is 2.41. The van der Waals surface area contributed by atoms with Crippen molar-refractivity contribution in [3.63, 3.8) is 0 Å². The Morgan fingerprint density at radius 2 is 1.37 bits per heavy atom. The van der Waals surface area contributed by atoms with E-state index in [-0.39, 0.29) is 44.0 Å². The molecule has 1 amide bonds. The molecule has 0 aliphatic carbocycles. The third-order valence-electron chi connectivity index (χ3n) is 9.43. The van der Waals surface area contributed by atoms with E-state index in [1.807, 2.05) is 22.6 Å². The van der Waals surface area contributed by atoms with Crippen molar-refractivity contribution in [2.45, 2.75) is 47.9 Å². The Bertz CT molecular complexity index is 2370. The lowest BCUT2D eigenvalue weighted by Crippen LogP contribution is -2.40. The summed E-state index contributed by atoms with van der Waals surface area (Å²) in [6.45, 7) is -1.06. The summed E-state index contributed by atoms with van der Waals surface area (Å²) in [7, 11) is -4.98. The number of hydrogen-bond acceptors (Lipinski definition) is 12. The van der Waals surface area contributed by atoms with Gasteiger partial charge in [-0.2, -0.15) is 4.31 Å². The highest BCUT2D eigenvalue weighted by atomic mass is 127. The summed E-state index contributed by atoms with van der Waals surface area (Å²) in [6, 6.07) is 21.6. The van der Waals surface area contributed by atoms with Gasteiger partial charge in [0.1, 0.15) is 27.0 Å². The number of hydrogen-bond donors (Lipinski definition) is 3. The molecule has 1 aliphatic heterocycles. The van der Waals surface area contributed by atoms with E-state index in [1.54, 1.807) is 79.9 Å². The van der Waals surface area contributed by atoms with Crippen LogP contribution in [0.4, 0.5) is 4.79 Å². The largest absolute Gasteiger partial charge is 0.497 e. The van der Waals surface area contributed by atoms with Gasteiger partial charge in [-0.05, 0) is 105 Å². The van der Waals surface area contributed by atoms with E-state index in [1.165, 1.54) is 35.3 Å². The average Bonchev–Trinajstić information content (AvgIpc) is 3.84. The highest BCUT2D eigenvalue weighted by molar-refractivity contribution is 14.1. The van der Waals surface area contributed by atoms with Gasteiger partial charge in [-0.3, -0.25) is 0 Å². The minimum absolute atomic E-state index is 0.0158. The van der Waals surface area contributed by atoms with Crippen LogP contribution in [0.25, 0.3) is 11.4 Å². The standard InChI is InChI=1S/C37H40IN7O10S2/c1-53-29-10-4-24(5-11-29)19-43(20-25-6-12-30(54-2)13-7-25)57(51,52)35-33(56(49,50)40-27-18-28(23-46)44(22-27)37(47)48)17-16-32(38)34(35)36-39-41-42-45(36)21-26-8-14-31(55-3)15-9-26/h4-17,27-28,40,46H,18-23H2,1-3H3,(H,47,48)/t27-,28+/m1/s1. The second-order valence-corrected chi connectivity index (χ2v) is 17.8. The molecule has 0 unspecified atom stereocenters. The van der Waals surface area contributed by atoms with Crippen LogP contribution in [-0.4, -0.2) is 109 Å². The molecular weight excluding hydrogens is 893 g/mol. The number of carbonyl (C=O) groups is 1. The molecule has 0 bridgehead atoms. The number of methoxy groups -OCH3 is 3. The lowest BCUT2D eigenvalue weighted by molar-refractivity contribution is 0.118. The van der Waals surface area contributed by atoms with Crippen LogP contribution >= 0.6 is 22.6 Å². The second kappa shape index (κ2) is 17.7. The number of halogens is 1. The fourth-order valence-corrected chi connectivity index (χ4v) is 11.1. The van der Waals surface area contributed by atoms with E-state index < -0.39 is 54.6 Å². The van der Waals surface area contributed by atoms with E-state index in [9.17, 15) is 23.4 Å². The van der Waals surface area contributed by atoms with Crippen LogP contribution in [0, 0.1) is 3.57 Å². The molecule has 5 aromatic rings. The maximum Gasteiger partial charge on any atom is 0.407 e. The number of aromatic nitrogens is 4. The van der Waals surface area contributed by atoms with Crippen LogP contribution in [0.1, 0.15) is 23.1 Å². The molecule has 17 nitrogen and oxygen atoms in total. The molecule has 2 heterocycles. The molecule has 1 saturated heterocycles. The number of ether oxygens (including phenoxy) is 3. The molecule has 2 atom stereocenters. The molecule has 57 heavy (non-hydrogen) atoms. The van der Waals surface area contributed by atoms with Crippen molar-refractivity contribution in [2.75, 3.05) is 34.5 Å². The zero-order chi connectivity index (χ0) is 40.9. The van der Waals surface area contributed by atoms with Crippen LogP contribution < -0.4 is 18.9 Å². The minimum atomic E-state index is -4.82. The Kier molecular flexibility index (Phi) is 13.0. The average molecular weight is 934 g/mol. The first-order chi connectivity index (χ1) is 27.3. The molecule has 3 N–H and O–H groups in total. The molecular formula is C37H40IN7O10S2. The number of tetrazole rings is 1. The van der Waals surface area contributed by atoms with E-state index in [4.69, 9.17) is 14.2 Å². The van der Waals surface area contributed by atoms with E-state index in [0.717, 1.165) is 10.5 Å². The number of aliphatic hydroxyl groups is 1. The highest BCUT2D eigenvalue weighted by Crippen LogP contribution is 2.39. The first-order valence-electron chi connectivity index (χ1n) is 17.4. The maximum atomic E-state index is 15.5. The summed E-state index contributed by atoms with van der Waals surface area (Å²) >= 11 is 1.93. The van der Waals surface area contributed by atoms with Gasteiger partial charge in [-0.15, -0.1) is 5.10 Å². The van der Waals surface area contributed by atoms with Crippen molar-refractivity contribution in [3.8, 4) is 28.6 Å². The first kappa shape index (κ1) is 41.8. The quantitative estimate of drug-likeness (QED) is 0.120. The Morgan fingerprint density at radius 3 is 1.84 bits per heavy atom. The van der Waals surface area contributed by atoms with Crippen LogP contribution in [0.15, 0.2) is 94.7 Å². The molecule has 0 radical (unpaired) electrons. The third kappa shape index (κ3) is 9.31. The Balaban J connectivity index is 1.53. The maximum absolute atomic E-state index is 15.5. The van der Waals surface area contributed by atoms with E-state index >= 15 is 8.42 Å². The number of carboxylic acid groups (broad SMARTS) is 1. The lowest BCUT2D eigenvalue weighted by atomic mass is 10.2. The predicted molar refractivity (Wildman–Crippen MR) is 215 cm³/mol. The number of rotatable bonds is 16. The lowest BCUT2D eigenvalue weighted by Gasteiger charge is -2.26. The minimum Gasteiger partial charge on any atom is -0.497 e. The summed E-state index contributed by atoms with van der Waals surface area (Å²) < 4.78 is 81.4. The van der Waals surface area contributed by atoms with Gasteiger partial charge in [0.05, 0.1) is 46.1 Å². The molecule has 6 rings (SSSR count). The van der Waals surface area contributed by atoms with Crippen molar-refractivity contribution in [1.82, 2.24) is 34.1 Å². The van der Waals surface area contributed by atoms with Gasteiger partial charge in [0.15, 0.2) is 5.82 Å². The molecule has 1 aliphatic rings. The van der Waals surface area contributed by atoms with Gasteiger partial charge >= 0.3 is 6.09 Å². The van der Waals surface area contributed by atoms with Crippen molar-refractivity contribution in [2.24, 2.45) is 0 Å². The summed E-state index contributed by atoms with van der Waals surface area (Å²) in [5.41, 5.74) is 1.86. The number of sulfonamides is 2. The smallest absolute Gasteiger partial charge is 0.407 e. The van der Waals surface area contributed by atoms with Crippen molar-refractivity contribution >= 4 is 48.7 Å². The van der Waals surface area contributed by atoms with Gasteiger partial charge in [-0.25, -0.2) is 31.0 Å². The fourth-order valence-electron chi connectivity index (χ4n) is 6.53. The number of nitrogens with zero attached hydrogens (tertiary/aromatic N) is 6. The number of aliphatic hydroxyl groups excluding tert-OH is 1. The van der Waals surface area contributed by atoms with Crippen LogP contribution in [0.2, 0.25) is 0 Å². The van der Waals surface area contributed by atoms with Crippen LogP contribution in [-0.2, 0) is 39.7 Å². The molecule has 4 aromatic carbocycles. The second-order valence-electron chi connectivity index (χ2n) is 13.1. The van der Waals surface area contributed by atoms with E-state index in [2.05, 4.69) is 20.2 Å². The van der Waals surface area contributed by atoms with Gasteiger partial charge in [0.2, 0.25) is 20.0 Å². The SMILES string of the molecule is COc1ccc(CN(Cc2ccc(OC)cc2)S(=O)(=O)c2c(S(=O)(=O)N[C@@H]3C[C@@H](CO)N(C(=O)O)C3)ccc(I)c2-c2nnnn2Cc2ccc(OC)cc2)cc1. The van der Waals surface area contributed by atoms with Crippen molar-refractivity contribution in [1.29, 1.82) is 0 Å². The Labute approximate surface area is 343 Å². The molecule has 0 saturated carbocycles. The third-order valence-corrected chi connectivity index (χ3v) is 13.9. The molecule has 0 spiro atoms. The number of likely N-dealkylation sites (tertiary alicyclic amines) is 1. The van der Waals surface area contributed by atoms with E-state index in [0.29, 0.717) is 31.9 Å². The molecule has 20 heteroatoms. The van der Waals surface area contributed by atoms with Gasteiger partial charge < -0.3 is 29.3 Å². The normalized spacial score (nSPS) is 15.9. The summed E-state index contributed by atoms with van der Waals surface area (Å²) in [5.74, 6) is 1.72. The monoisotopic (exact) mass is 933 g/mol. The predicted octanol–water partition coefficient (Wildman–Crippen LogP) is 3.80. The van der Waals surface area contributed by atoms with Gasteiger partial charge in [-0.1, -0.05) is 36.4 Å². The zero-order valence-corrected chi connectivity index (χ0v) is 34.8. The van der Waals surface area contributed by atoms with Gasteiger partial charge in [0, 0.05) is 29.2 Å². The Hall–Kier alpha value is -4.87. The molecule has 302 valence electrons. The Morgan fingerprint density at radius 1 is 0.842 bits per heavy atom. The molecule has 1 aromatic heterocycles. The van der Waals surface area contributed by atoms with Crippen LogP contribution in [0.3, 0.4) is 0 Å². The summed E-state index contributed by atoms with van der Waals surface area (Å²) in [4.78, 5) is 11.7. The summed E-state index contributed by atoms with van der Waals surface area (Å²) in [5, 5.41) is 31.8. The number of nitrogens with one attached hydrogen (secondary N) is 1. The topological polar surface area (TPSA) is 216 Å².